The van der Waals surface area contributed by atoms with Crippen molar-refractivity contribution in [3.05, 3.63) is 135 Å². The molecule has 0 aliphatic rings. The molecule has 1 aromatic heterocycles. The zero-order valence-corrected chi connectivity index (χ0v) is 25.5. The van der Waals surface area contributed by atoms with Crippen LogP contribution in [0.1, 0.15) is 23.6 Å². The third kappa shape index (κ3) is 6.32. The third-order valence-corrected chi connectivity index (χ3v) is 7.70. The normalized spacial score (nSPS) is 11.8. The summed E-state index contributed by atoms with van der Waals surface area (Å²) in [6, 6.07) is 28.8. The van der Waals surface area contributed by atoms with Crippen LogP contribution in [0, 0.1) is 0 Å². The lowest BCUT2D eigenvalue weighted by Gasteiger charge is -2.16. The first-order valence-corrected chi connectivity index (χ1v) is 14.8. The first-order chi connectivity index (χ1) is 21.7. The molecule has 0 amide bonds. The van der Waals surface area contributed by atoms with Gasteiger partial charge in [0.2, 0.25) is 0 Å². The summed E-state index contributed by atoms with van der Waals surface area (Å²) in [6.45, 7) is 2.52. The van der Waals surface area contributed by atoms with E-state index in [1.807, 2.05) is 49.4 Å². The van der Waals surface area contributed by atoms with Crippen molar-refractivity contribution >= 4 is 43.8 Å². The van der Waals surface area contributed by atoms with Gasteiger partial charge in [0, 0.05) is 5.56 Å². The second-order valence-electron chi connectivity index (χ2n) is 10.1. The molecule has 226 valence electrons. The highest BCUT2D eigenvalue weighted by Gasteiger charge is 2.31. The molecule has 0 saturated carbocycles. The minimum atomic E-state index is -4.57. The Morgan fingerprint density at radius 1 is 0.889 bits per heavy atom. The van der Waals surface area contributed by atoms with Crippen molar-refractivity contribution in [1.82, 2.24) is 9.66 Å². The maximum Gasteiger partial charge on any atom is 0.416 e. The second-order valence-corrected chi connectivity index (χ2v) is 10.9. The Balaban J connectivity index is 1.39. The Morgan fingerprint density at radius 2 is 1.62 bits per heavy atom. The lowest BCUT2D eigenvalue weighted by molar-refractivity contribution is -0.137. The molecule has 10 heteroatoms. The van der Waals surface area contributed by atoms with Crippen LogP contribution in [0.2, 0.25) is 0 Å². The van der Waals surface area contributed by atoms with Crippen molar-refractivity contribution in [2.75, 3.05) is 6.61 Å². The fourth-order valence-electron chi connectivity index (χ4n) is 5.01. The molecule has 0 aliphatic heterocycles. The first-order valence-electron chi connectivity index (χ1n) is 14.0. The van der Waals surface area contributed by atoms with Crippen LogP contribution in [-0.4, -0.2) is 22.5 Å². The topological polar surface area (TPSA) is 65.7 Å². The molecular weight excluding hydrogens is 647 g/mol. The van der Waals surface area contributed by atoms with Crippen LogP contribution >= 0.6 is 15.9 Å². The second kappa shape index (κ2) is 12.6. The fraction of sp³-hybridized carbons (Fsp3) is 0.114. The van der Waals surface area contributed by atoms with Gasteiger partial charge in [0.05, 0.1) is 33.8 Å². The molecule has 0 fully saturated rings. The van der Waals surface area contributed by atoms with E-state index in [1.54, 1.807) is 36.4 Å². The van der Waals surface area contributed by atoms with Crippen LogP contribution in [0.4, 0.5) is 13.2 Å². The molecule has 0 N–H and O–H groups in total. The molecule has 0 radical (unpaired) electrons. The largest absolute Gasteiger partial charge is 0.490 e. The highest BCUT2D eigenvalue weighted by Crippen LogP contribution is 2.38. The number of benzene rings is 5. The van der Waals surface area contributed by atoms with Crippen molar-refractivity contribution in [2.24, 2.45) is 5.10 Å². The van der Waals surface area contributed by atoms with Crippen molar-refractivity contribution in [3.63, 3.8) is 0 Å². The van der Waals surface area contributed by atoms with Gasteiger partial charge in [-0.3, -0.25) is 4.79 Å². The minimum absolute atomic E-state index is 0.0276. The lowest BCUT2D eigenvalue weighted by Crippen LogP contribution is -2.20. The van der Waals surface area contributed by atoms with E-state index in [9.17, 15) is 18.0 Å². The number of alkyl halides is 3. The molecule has 6 rings (SSSR count). The SMILES string of the molecule is CCOc1cc(C=Nn2c(-c3cccc(C(F)(F)F)c3)nc3ccccc3c2=O)cc(Br)c1OCc1cccc2ccccc12. The van der Waals surface area contributed by atoms with Gasteiger partial charge in [-0.25, -0.2) is 4.98 Å². The molecule has 45 heavy (non-hydrogen) atoms. The summed E-state index contributed by atoms with van der Waals surface area (Å²) in [5, 5.41) is 6.88. The van der Waals surface area contributed by atoms with E-state index in [4.69, 9.17) is 9.47 Å². The van der Waals surface area contributed by atoms with Crippen LogP contribution in [0.3, 0.4) is 0 Å². The maximum atomic E-state index is 13.6. The average Bonchev–Trinajstić information content (AvgIpc) is 3.04. The number of fused-ring (bicyclic) bond motifs is 2. The highest BCUT2D eigenvalue weighted by atomic mass is 79.9. The van der Waals surface area contributed by atoms with E-state index in [2.05, 4.69) is 26.0 Å². The molecule has 6 aromatic rings. The van der Waals surface area contributed by atoms with Gasteiger partial charge in [0.15, 0.2) is 17.3 Å². The minimum Gasteiger partial charge on any atom is -0.490 e. The van der Waals surface area contributed by atoms with Crippen molar-refractivity contribution < 1.29 is 22.6 Å². The Morgan fingerprint density at radius 3 is 2.42 bits per heavy atom. The molecule has 0 spiro atoms. The van der Waals surface area contributed by atoms with E-state index in [0.717, 1.165) is 33.1 Å². The molecule has 0 unspecified atom stereocenters. The lowest BCUT2D eigenvalue weighted by atomic mass is 10.1. The van der Waals surface area contributed by atoms with Gasteiger partial charge in [0.1, 0.15) is 6.61 Å². The molecule has 0 bridgehead atoms. The Bertz CT molecular complexity index is 2120. The van der Waals surface area contributed by atoms with Crippen LogP contribution in [0.5, 0.6) is 11.5 Å². The molecule has 0 aliphatic carbocycles. The molecular formula is C35H25BrF3N3O3. The van der Waals surface area contributed by atoms with Gasteiger partial charge >= 0.3 is 6.18 Å². The summed E-state index contributed by atoms with van der Waals surface area (Å²) in [5.41, 5.74) is 0.621. The maximum absolute atomic E-state index is 13.6. The van der Waals surface area contributed by atoms with E-state index in [1.165, 1.54) is 18.3 Å². The van der Waals surface area contributed by atoms with Gasteiger partial charge < -0.3 is 9.47 Å². The van der Waals surface area contributed by atoms with Gasteiger partial charge in [-0.15, -0.1) is 0 Å². The molecule has 0 saturated heterocycles. The molecule has 1 heterocycles. The fourth-order valence-corrected chi connectivity index (χ4v) is 5.58. The van der Waals surface area contributed by atoms with Gasteiger partial charge in [-0.2, -0.15) is 22.9 Å². The van der Waals surface area contributed by atoms with Crippen molar-refractivity contribution in [1.29, 1.82) is 0 Å². The number of halogens is 4. The number of rotatable bonds is 8. The monoisotopic (exact) mass is 671 g/mol. The summed E-state index contributed by atoms with van der Waals surface area (Å²) < 4.78 is 54.3. The zero-order chi connectivity index (χ0) is 31.6. The quantitative estimate of drug-likeness (QED) is 0.152. The van der Waals surface area contributed by atoms with Gasteiger partial charge in [0.25, 0.3) is 5.56 Å². The van der Waals surface area contributed by atoms with Crippen LogP contribution in [0.25, 0.3) is 33.1 Å². The number of nitrogens with zero attached hydrogens (tertiary/aromatic N) is 3. The smallest absolute Gasteiger partial charge is 0.416 e. The summed E-state index contributed by atoms with van der Waals surface area (Å²) in [7, 11) is 0. The van der Waals surface area contributed by atoms with Crippen LogP contribution in [-0.2, 0) is 12.8 Å². The van der Waals surface area contributed by atoms with Crippen LogP contribution in [0.15, 0.2) is 117 Å². The van der Waals surface area contributed by atoms with Gasteiger partial charge in [-0.1, -0.05) is 66.7 Å². The number of ether oxygens (including phenoxy) is 2. The van der Waals surface area contributed by atoms with E-state index in [-0.39, 0.29) is 16.8 Å². The van der Waals surface area contributed by atoms with E-state index in [0.29, 0.717) is 40.3 Å². The van der Waals surface area contributed by atoms with E-state index < -0.39 is 17.3 Å². The standard InChI is InChI=1S/C35H25BrF3N3O3/c1-2-44-31-18-22(17-29(36)32(31)45-21-25-12-7-10-23-9-3-4-14-27(23)25)20-40-42-33(24-11-8-13-26(19-24)35(37,38)39)41-30-16-6-5-15-28(30)34(42)43/h3-20H,2,21H2,1H3. The summed E-state index contributed by atoms with van der Waals surface area (Å²) in [5.74, 6) is 0.923. The zero-order valence-electron chi connectivity index (χ0n) is 23.9. The summed E-state index contributed by atoms with van der Waals surface area (Å²) in [6.07, 6.45) is -3.14. The van der Waals surface area contributed by atoms with Crippen molar-refractivity contribution in [2.45, 2.75) is 19.7 Å². The Kier molecular flexibility index (Phi) is 8.40. The molecule has 0 atom stereocenters. The number of aromatic nitrogens is 2. The molecule has 6 nitrogen and oxygen atoms in total. The first kappa shape index (κ1) is 30.1. The van der Waals surface area contributed by atoms with Crippen LogP contribution < -0.4 is 15.0 Å². The van der Waals surface area contributed by atoms with Gasteiger partial charge in [-0.05, 0) is 81.2 Å². The number of hydrogen-bond donors (Lipinski definition) is 0. The Hall–Kier alpha value is -4.96. The van der Waals surface area contributed by atoms with E-state index >= 15 is 0 Å². The van der Waals surface area contributed by atoms with Crippen molar-refractivity contribution in [3.8, 4) is 22.9 Å². The Labute approximate surface area is 264 Å². The number of para-hydroxylation sites is 1. The predicted octanol–water partition coefficient (Wildman–Crippen LogP) is 8.86. The highest BCUT2D eigenvalue weighted by molar-refractivity contribution is 9.10. The molecule has 5 aromatic carbocycles. The average molecular weight is 673 g/mol. The predicted molar refractivity (Wildman–Crippen MR) is 173 cm³/mol. The summed E-state index contributed by atoms with van der Waals surface area (Å²) >= 11 is 3.59. The third-order valence-electron chi connectivity index (χ3n) is 7.11. The number of hydrogen-bond acceptors (Lipinski definition) is 5. The summed E-state index contributed by atoms with van der Waals surface area (Å²) in [4.78, 5) is 18.1.